The summed E-state index contributed by atoms with van der Waals surface area (Å²) in [6.07, 6.45) is -4.46. The van der Waals surface area contributed by atoms with Crippen LogP contribution in [0.15, 0.2) is 0 Å². The van der Waals surface area contributed by atoms with E-state index >= 15 is 0 Å². The number of halogens is 3. The van der Waals surface area contributed by atoms with Crippen LogP contribution in [0.1, 0.15) is 12.8 Å². The molecule has 1 fully saturated rings. The number of hydrogen-bond donors (Lipinski definition) is 0. The monoisotopic (exact) mass is 209 g/mol. The Bertz CT molecular complexity index is 262. The van der Waals surface area contributed by atoms with Crippen LogP contribution >= 0.6 is 0 Å². The third-order valence-electron chi connectivity index (χ3n) is 2.26. The molecule has 0 saturated carbocycles. The first-order valence-corrected chi connectivity index (χ1v) is 4.20. The molecule has 0 N–H and O–H groups in total. The fourth-order valence-electron chi connectivity index (χ4n) is 1.47. The van der Waals surface area contributed by atoms with Crippen molar-refractivity contribution in [3.05, 3.63) is 0 Å². The molecule has 80 valence electrons. The van der Waals surface area contributed by atoms with Crippen LogP contribution in [0.3, 0.4) is 0 Å². The number of carbonyl (C=O) groups excluding carboxylic acids is 2. The molecule has 1 unspecified atom stereocenters. The molecule has 1 amide bonds. The zero-order chi connectivity index (χ0) is 10.9. The summed E-state index contributed by atoms with van der Waals surface area (Å²) in [5.74, 6) is -4.17. The van der Waals surface area contributed by atoms with Crippen molar-refractivity contribution in [1.29, 1.82) is 0 Å². The van der Waals surface area contributed by atoms with Crippen LogP contribution in [0.25, 0.3) is 0 Å². The van der Waals surface area contributed by atoms with Crippen LogP contribution in [0.5, 0.6) is 0 Å². The molecule has 1 aliphatic rings. The van der Waals surface area contributed by atoms with Gasteiger partial charge in [-0.3, -0.25) is 9.59 Å². The number of Topliss-reactive ketones (excluding diaryl/α,β-unsaturated/α-hetero) is 1. The standard InChI is InChI=1S/C8H10F3NO2/c1-12-4-2-3-5(7(12)14)6(13)8(9,10)11/h5H,2-4H2,1H3. The van der Waals surface area contributed by atoms with E-state index in [4.69, 9.17) is 0 Å². The molecule has 14 heavy (non-hydrogen) atoms. The predicted octanol–water partition coefficient (Wildman–Crippen LogP) is 0.986. The summed E-state index contributed by atoms with van der Waals surface area (Å²) < 4.78 is 36.0. The van der Waals surface area contributed by atoms with Gasteiger partial charge in [0.1, 0.15) is 5.92 Å². The number of rotatable bonds is 1. The maximum atomic E-state index is 12.0. The van der Waals surface area contributed by atoms with E-state index < -0.39 is 23.8 Å². The number of ketones is 1. The van der Waals surface area contributed by atoms with Crippen molar-refractivity contribution in [2.75, 3.05) is 13.6 Å². The normalized spacial score (nSPS) is 23.9. The molecule has 0 radical (unpaired) electrons. The van der Waals surface area contributed by atoms with E-state index in [9.17, 15) is 22.8 Å². The molecule has 6 heteroatoms. The molecule has 0 aromatic carbocycles. The first kappa shape index (κ1) is 11.0. The van der Waals surface area contributed by atoms with Gasteiger partial charge < -0.3 is 4.90 Å². The first-order valence-electron chi connectivity index (χ1n) is 4.20. The molecule has 1 aliphatic heterocycles. The molecule has 0 aliphatic carbocycles. The van der Waals surface area contributed by atoms with Gasteiger partial charge >= 0.3 is 6.18 Å². The maximum Gasteiger partial charge on any atom is 0.450 e. The van der Waals surface area contributed by atoms with Crippen molar-refractivity contribution < 1.29 is 22.8 Å². The van der Waals surface area contributed by atoms with Gasteiger partial charge in [0.05, 0.1) is 0 Å². The first-order chi connectivity index (χ1) is 6.34. The largest absolute Gasteiger partial charge is 0.450 e. The van der Waals surface area contributed by atoms with Gasteiger partial charge in [0.15, 0.2) is 0 Å². The number of alkyl halides is 3. The van der Waals surface area contributed by atoms with Crippen LogP contribution in [0.4, 0.5) is 13.2 Å². The molecule has 0 aromatic heterocycles. The Kier molecular flexibility index (Phi) is 2.82. The van der Waals surface area contributed by atoms with Crippen LogP contribution in [0.2, 0.25) is 0 Å². The smallest absolute Gasteiger partial charge is 0.345 e. The van der Waals surface area contributed by atoms with E-state index in [0.717, 1.165) is 4.90 Å². The quantitative estimate of drug-likeness (QED) is 0.604. The summed E-state index contributed by atoms with van der Waals surface area (Å²) in [4.78, 5) is 23.2. The zero-order valence-corrected chi connectivity index (χ0v) is 7.60. The molecule has 3 nitrogen and oxygen atoms in total. The highest BCUT2D eigenvalue weighted by Crippen LogP contribution is 2.27. The van der Waals surface area contributed by atoms with E-state index in [0.29, 0.717) is 13.0 Å². The maximum absolute atomic E-state index is 12.0. The van der Waals surface area contributed by atoms with Crippen LogP contribution in [0, 0.1) is 5.92 Å². The summed E-state index contributed by atoms with van der Waals surface area (Å²) >= 11 is 0. The van der Waals surface area contributed by atoms with E-state index in [1.165, 1.54) is 7.05 Å². The molecule has 1 saturated heterocycles. The Labute approximate surface area is 78.9 Å². The topological polar surface area (TPSA) is 37.4 Å². The summed E-state index contributed by atoms with van der Waals surface area (Å²) in [7, 11) is 1.40. The third kappa shape index (κ3) is 2.05. The Morgan fingerprint density at radius 3 is 2.57 bits per heavy atom. The number of amides is 1. The average Bonchev–Trinajstić information content (AvgIpc) is 2.07. The summed E-state index contributed by atoms with van der Waals surface area (Å²) in [6, 6.07) is 0. The van der Waals surface area contributed by atoms with Crippen molar-refractivity contribution >= 4 is 11.7 Å². The van der Waals surface area contributed by atoms with Gasteiger partial charge in [-0.15, -0.1) is 0 Å². The van der Waals surface area contributed by atoms with Crippen LogP contribution in [-0.4, -0.2) is 36.4 Å². The molecule has 1 rings (SSSR count). The van der Waals surface area contributed by atoms with Crippen molar-refractivity contribution in [1.82, 2.24) is 4.90 Å². The van der Waals surface area contributed by atoms with E-state index in [2.05, 4.69) is 0 Å². The van der Waals surface area contributed by atoms with Gasteiger partial charge in [-0.2, -0.15) is 13.2 Å². The lowest BCUT2D eigenvalue weighted by molar-refractivity contribution is -0.179. The lowest BCUT2D eigenvalue weighted by atomic mass is 9.93. The molecular weight excluding hydrogens is 199 g/mol. The second-order valence-corrected chi connectivity index (χ2v) is 3.32. The van der Waals surface area contributed by atoms with Gasteiger partial charge in [0.2, 0.25) is 11.7 Å². The average molecular weight is 209 g/mol. The van der Waals surface area contributed by atoms with Crippen molar-refractivity contribution in [3.8, 4) is 0 Å². The SMILES string of the molecule is CN1CCCC(C(=O)C(F)(F)F)C1=O. The van der Waals surface area contributed by atoms with Gasteiger partial charge in [-0.05, 0) is 12.8 Å². The number of carbonyl (C=O) groups is 2. The Morgan fingerprint density at radius 1 is 1.50 bits per heavy atom. The lowest BCUT2D eigenvalue weighted by Gasteiger charge is -2.28. The summed E-state index contributed by atoms with van der Waals surface area (Å²) in [5.41, 5.74) is 0. The van der Waals surface area contributed by atoms with Gasteiger partial charge in [0, 0.05) is 13.6 Å². The highest BCUT2D eigenvalue weighted by atomic mass is 19.4. The predicted molar refractivity (Wildman–Crippen MR) is 41.4 cm³/mol. The van der Waals surface area contributed by atoms with Crippen LogP contribution < -0.4 is 0 Å². The van der Waals surface area contributed by atoms with Crippen molar-refractivity contribution in [3.63, 3.8) is 0 Å². The van der Waals surface area contributed by atoms with Gasteiger partial charge in [-0.1, -0.05) is 0 Å². The highest BCUT2D eigenvalue weighted by Gasteiger charge is 2.47. The Morgan fingerprint density at radius 2 is 2.07 bits per heavy atom. The van der Waals surface area contributed by atoms with E-state index in [-0.39, 0.29) is 6.42 Å². The minimum absolute atomic E-state index is 0.00150. The fourth-order valence-corrected chi connectivity index (χ4v) is 1.47. The fraction of sp³-hybridized carbons (Fsp3) is 0.750. The number of likely N-dealkylation sites (tertiary alicyclic amines) is 1. The third-order valence-corrected chi connectivity index (χ3v) is 2.26. The lowest BCUT2D eigenvalue weighted by Crippen LogP contribution is -2.45. The van der Waals surface area contributed by atoms with Crippen molar-refractivity contribution in [2.45, 2.75) is 19.0 Å². The van der Waals surface area contributed by atoms with Crippen molar-refractivity contribution in [2.24, 2.45) is 5.92 Å². The minimum atomic E-state index is -4.90. The molecule has 1 heterocycles. The molecule has 0 bridgehead atoms. The highest BCUT2D eigenvalue weighted by molar-refractivity contribution is 6.04. The minimum Gasteiger partial charge on any atom is -0.345 e. The Balaban J connectivity index is 2.77. The number of piperidine rings is 1. The number of hydrogen-bond acceptors (Lipinski definition) is 2. The van der Waals surface area contributed by atoms with Gasteiger partial charge in [0.25, 0.3) is 0 Å². The molecular formula is C8H10F3NO2. The summed E-state index contributed by atoms with van der Waals surface area (Å²) in [5, 5.41) is 0. The molecule has 1 atom stereocenters. The Hall–Kier alpha value is -1.07. The molecule has 0 spiro atoms. The number of nitrogens with zero attached hydrogens (tertiary/aromatic N) is 1. The second-order valence-electron chi connectivity index (χ2n) is 3.32. The zero-order valence-electron chi connectivity index (χ0n) is 7.60. The van der Waals surface area contributed by atoms with E-state index in [1.54, 1.807) is 0 Å². The van der Waals surface area contributed by atoms with Gasteiger partial charge in [-0.25, -0.2) is 0 Å². The summed E-state index contributed by atoms with van der Waals surface area (Å²) in [6.45, 7) is 0.417. The second kappa shape index (κ2) is 3.59. The van der Waals surface area contributed by atoms with Crippen LogP contribution in [-0.2, 0) is 9.59 Å². The van der Waals surface area contributed by atoms with E-state index in [1.807, 2.05) is 0 Å². The molecule has 0 aromatic rings.